The van der Waals surface area contributed by atoms with E-state index in [0.29, 0.717) is 38.2 Å². The van der Waals surface area contributed by atoms with Gasteiger partial charge in [0.2, 0.25) is 5.60 Å². The van der Waals surface area contributed by atoms with Crippen LogP contribution in [-0.4, -0.2) is 48.4 Å². The highest BCUT2D eigenvalue weighted by atomic mass is 16.7. The number of carboxylic acid groups (broad SMARTS) is 1. The predicted molar refractivity (Wildman–Crippen MR) is 95.7 cm³/mol. The van der Waals surface area contributed by atoms with Crippen LogP contribution in [0.15, 0.2) is 23.2 Å². The van der Waals surface area contributed by atoms with E-state index in [1.54, 1.807) is 0 Å². The van der Waals surface area contributed by atoms with Crippen molar-refractivity contribution >= 4 is 11.9 Å². The monoisotopic (exact) mass is 363 g/mol. The number of rotatable bonds is 6. The summed E-state index contributed by atoms with van der Waals surface area (Å²) in [5.41, 5.74) is 6.01. The first kappa shape index (κ1) is 18.4. The Morgan fingerprint density at radius 1 is 1.58 bits per heavy atom. The Morgan fingerprint density at radius 2 is 2.38 bits per heavy atom. The number of nitrogens with one attached hydrogen (secondary N) is 2. The zero-order valence-corrected chi connectivity index (χ0v) is 14.7. The first-order valence-electron chi connectivity index (χ1n) is 8.64. The van der Waals surface area contributed by atoms with Crippen molar-refractivity contribution in [2.75, 3.05) is 19.6 Å². The smallest absolute Gasteiger partial charge is 0.341 e. The summed E-state index contributed by atoms with van der Waals surface area (Å²) in [6.07, 6.45) is 0.537. The van der Waals surface area contributed by atoms with Crippen LogP contribution >= 0.6 is 0 Å². The van der Waals surface area contributed by atoms with Gasteiger partial charge in [0, 0.05) is 19.6 Å². The van der Waals surface area contributed by atoms with Crippen LogP contribution < -0.4 is 27.0 Å². The van der Waals surface area contributed by atoms with Gasteiger partial charge in [0.05, 0.1) is 6.04 Å². The minimum absolute atomic E-state index is 0.0231. The molecule has 1 unspecified atom stereocenters. The first-order chi connectivity index (χ1) is 12.5. The van der Waals surface area contributed by atoms with Crippen molar-refractivity contribution in [3.05, 3.63) is 29.3 Å². The standard InChI is InChI=1S/C17H25N5O4/c1-17(26-19,15(23)24)14-5-3-11-8-10(2-4-13(11)25-14)12-9-21-16(22-12)20-7-6-18/h2,4,8,12,14H,3,5-7,9,18-19H2,1H3,(H,23,24)(H2,20,21,22)/t12?,14-,17+/m1/s1. The average molecular weight is 363 g/mol. The van der Waals surface area contributed by atoms with Gasteiger partial charge in [0.15, 0.2) is 5.96 Å². The fourth-order valence-electron chi connectivity index (χ4n) is 3.20. The van der Waals surface area contributed by atoms with Crippen molar-refractivity contribution in [1.29, 1.82) is 0 Å². The maximum absolute atomic E-state index is 11.5. The second kappa shape index (κ2) is 7.48. The predicted octanol–water partition coefficient (Wildman–Crippen LogP) is -0.338. The summed E-state index contributed by atoms with van der Waals surface area (Å²) in [4.78, 5) is 20.8. The molecule has 3 atom stereocenters. The molecule has 0 radical (unpaired) electrons. The van der Waals surface area contributed by atoms with Crippen LogP contribution in [0.5, 0.6) is 5.75 Å². The number of hydrogen-bond acceptors (Lipinski definition) is 8. The minimum Gasteiger partial charge on any atom is -0.486 e. The van der Waals surface area contributed by atoms with Gasteiger partial charge < -0.3 is 26.2 Å². The Labute approximate surface area is 151 Å². The number of aliphatic carboxylic acids is 1. The van der Waals surface area contributed by atoms with E-state index < -0.39 is 17.7 Å². The molecule has 2 heterocycles. The molecule has 0 aromatic heterocycles. The fraction of sp³-hybridized carbons (Fsp3) is 0.529. The lowest BCUT2D eigenvalue weighted by atomic mass is 9.90. The van der Waals surface area contributed by atoms with Gasteiger partial charge in [-0.1, -0.05) is 6.07 Å². The number of carbonyl (C=O) groups is 1. The molecule has 26 heavy (non-hydrogen) atoms. The number of aryl methyl sites for hydroxylation is 1. The summed E-state index contributed by atoms with van der Waals surface area (Å²) in [6.45, 7) is 3.36. The summed E-state index contributed by atoms with van der Waals surface area (Å²) in [5, 5.41) is 15.8. The molecule has 0 saturated carbocycles. The van der Waals surface area contributed by atoms with Crippen molar-refractivity contribution in [3.63, 3.8) is 0 Å². The lowest BCUT2D eigenvalue weighted by molar-refractivity contribution is -0.179. The van der Waals surface area contributed by atoms with Crippen molar-refractivity contribution in [3.8, 4) is 5.75 Å². The van der Waals surface area contributed by atoms with E-state index in [9.17, 15) is 9.90 Å². The van der Waals surface area contributed by atoms with E-state index in [-0.39, 0.29) is 6.04 Å². The highest BCUT2D eigenvalue weighted by molar-refractivity contribution is 5.81. The second-order valence-corrected chi connectivity index (χ2v) is 6.63. The molecule has 0 spiro atoms. The molecule has 0 bridgehead atoms. The van der Waals surface area contributed by atoms with Gasteiger partial charge in [-0.15, -0.1) is 0 Å². The van der Waals surface area contributed by atoms with Gasteiger partial charge in [0.25, 0.3) is 0 Å². The Morgan fingerprint density at radius 3 is 3.08 bits per heavy atom. The third-order valence-electron chi connectivity index (χ3n) is 4.88. The maximum atomic E-state index is 11.5. The molecule has 1 aromatic carbocycles. The van der Waals surface area contributed by atoms with Gasteiger partial charge in [0.1, 0.15) is 11.9 Å². The van der Waals surface area contributed by atoms with Gasteiger partial charge >= 0.3 is 5.97 Å². The SMILES string of the molecule is C[C@@](ON)(C(=O)O)[C@H]1CCc2cc(C3CNC(NCCN)=N3)ccc2O1. The van der Waals surface area contributed by atoms with E-state index in [1.165, 1.54) is 6.92 Å². The first-order valence-corrected chi connectivity index (χ1v) is 8.64. The van der Waals surface area contributed by atoms with Crippen molar-refractivity contribution in [1.82, 2.24) is 10.6 Å². The van der Waals surface area contributed by atoms with Crippen molar-refractivity contribution in [2.45, 2.75) is 37.5 Å². The molecule has 142 valence electrons. The zero-order valence-electron chi connectivity index (χ0n) is 14.7. The van der Waals surface area contributed by atoms with Crippen LogP contribution in [0.4, 0.5) is 0 Å². The molecule has 0 fully saturated rings. The summed E-state index contributed by atoms with van der Waals surface area (Å²) in [5.74, 6) is 5.49. The topological polar surface area (TPSA) is 144 Å². The molecule has 9 heteroatoms. The fourth-order valence-corrected chi connectivity index (χ4v) is 3.20. The van der Waals surface area contributed by atoms with Crippen LogP contribution in [0.25, 0.3) is 0 Å². The van der Waals surface area contributed by atoms with Gasteiger partial charge in [-0.2, -0.15) is 0 Å². The molecular weight excluding hydrogens is 338 g/mol. The van der Waals surface area contributed by atoms with Crippen molar-refractivity contribution in [2.24, 2.45) is 16.6 Å². The number of nitrogens with two attached hydrogens (primary N) is 2. The Kier molecular flexibility index (Phi) is 5.30. The molecule has 1 aromatic rings. The molecular formula is C17H25N5O4. The van der Waals surface area contributed by atoms with Crippen LogP contribution in [-0.2, 0) is 16.1 Å². The average Bonchev–Trinajstić information content (AvgIpc) is 3.13. The molecule has 3 rings (SSSR count). The highest BCUT2D eigenvalue weighted by Gasteiger charge is 2.46. The number of guanidine groups is 1. The third kappa shape index (κ3) is 3.46. The Bertz CT molecular complexity index is 710. The quantitative estimate of drug-likeness (QED) is 0.432. The lowest BCUT2D eigenvalue weighted by Gasteiger charge is -2.35. The largest absolute Gasteiger partial charge is 0.486 e. The molecule has 0 aliphatic carbocycles. The van der Waals surface area contributed by atoms with Crippen LogP contribution in [0.1, 0.15) is 30.5 Å². The minimum atomic E-state index is -1.58. The number of benzene rings is 1. The second-order valence-electron chi connectivity index (χ2n) is 6.63. The van der Waals surface area contributed by atoms with Gasteiger partial charge in [-0.25, -0.2) is 15.7 Å². The molecule has 9 nitrogen and oxygen atoms in total. The normalized spacial score (nSPS) is 23.9. The summed E-state index contributed by atoms with van der Waals surface area (Å²) >= 11 is 0. The molecule has 0 saturated heterocycles. The van der Waals surface area contributed by atoms with E-state index in [4.69, 9.17) is 21.2 Å². The van der Waals surface area contributed by atoms with Gasteiger partial charge in [-0.05, 0) is 43.0 Å². The van der Waals surface area contributed by atoms with Gasteiger partial charge in [-0.3, -0.25) is 4.84 Å². The van der Waals surface area contributed by atoms with E-state index >= 15 is 0 Å². The number of fused-ring (bicyclic) bond motifs is 1. The highest BCUT2D eigenvalue weighted by Crippen LogP contribution is 2.35. The Hall–Kier alpha value is -2.36. The van der Waals surface area contributed by atoms with Crippen molar-refractivity contribution < 1.29 is 19.5 Å². The van der Waals surface area contributed by atoms with E-state index in [1.807, 2.05) is 12.1 Å². The number of aliphatic imine (C=N–C) groups is 1. The van der Waals surface area contributed by atoms with E-state index in [2.05, 4.69) is 21.7 Å². The summed E-state index contributed by atoms with van der Waals surface area (Å²) in [7, 11) is 0. The number of carboxylic acids is 1. The van der Waals surface area contributed by atoms with Crippen LogP contribution in [0.2, 0.25) is 0 Å². The maximum Gasteiger partial charge on any atom is 0.341 e. The number of hydrogen-bond donors (Lipinski definition) is 5. The molecule has 2 aliphatic rings. The zero-order chi connectivity index (χ0) is 18.7. The van der Waals surface area contributed by atoms with E-state index in [0.717, 1.165) is 17.1 Å². The van der Waals surface area contributed by atoms with Crippen LogP contribution in [0, 0.1) is 0 Å². The number of ether oxygens (including phenoxy) is 1. The Balaban J connectivity index is 1.74. The molecule has 2 aliphatic heterocycles. The summed E-state index contributed by atoms with van der Waals surface area (Å²) in [6, 6.07) is 5.89. The third-order valence-corrected chi connectivity index (χ3v) is 4.88. The lowest BCUT2D eigenvalue weighted by Crippen LogP contribution is -2.54. The number of nitrogens with zero attached hydrogens (tertiary/aromatic N) is 1. The summed E-state index contributed by atoms with van der Waals surface area (Å²) < 4.78 is 5.88. The molecule has 0 amide bonds. The van der Waals surface area contributed by atoms with Crippen LogP contribution in [0.3, 0.4) is 0 Å². The molecule has 7 N–H and O–H groups in total.